The molecule has 0 radical (unpaired) electrons. The van der Waals surface area contributed by atoms with Crippen LogP contribution in [0.4, 0.5) is 10.2 Å². The van der Waals surface area contributed by atoms with E-state index in [1.165, 1.54) is 27.9 Å². The average Bonchev–Trinajstić information content (AvgIpc) is 2.84. The number of sulfonamides is 1. The maximum Gasteiger partial charge on any atom is 0.243 e. The van der Waals surface area contributed by atoms with Gasteiger partial charge in [0.15, 0.2) is 5.82 Å². The van der Waals surface area contributed by atoms with Crippen molar-refractivity contribution in [2.45, 2.75) is 4.90 Å². The van der Waals surface area contributed by atoms with Crippen LogP contribution in [0.15, 0.2) is 83.8 Å². The molecule has 1 aromatic heterocycles. The third kappa shape index (κ3) is 3.94. The molecule has 4 aromatic rings. The lowest BCUT2D eigenvalue weighted by Crippen LogP contribution is -2.49. The fraction of sp³-hybridized carbons (Fsp3) is 0.167. The summed E-state index contributed by atoms with van der Waals surface area (Å²) >= 11 is 0. The molecule has 1 fully saturated rings. The number of anilines is 1. The van der Waals surface area contributed by atoms with Crippen LogP contribution >= 0.6 is 0 Å². The lowest BCUT2D eigenvalue weighted by atomic mass is 10.1. The molecule has 1 aliphatic heterocycles. The summed E-state index contributed by atoms with van der Waals surface area (Å²) in [6, 6.07) is 23.3. The largest absolute Gasteiger partial charge is 0.352 e. The van der Waals surface area contributed by atoms with E-state index in [0.717, 1.165) is 22.7 Å². The van der Waals surface area contributed by atoms with Crippen molar-refractivity contribution in [3.63, 3.8) is 0 Å². The Morgan fingerprint density at radius 3 is 2.25 bits per heavy atom. The van der Waals surface area contributed by atoms with Gasteiger partial charge in [0, 0.05) is 31.7 Å². The fourth-order valence-electron chi connectivity index (χ4n) is 3.93. The van der Waals surface area contributed by atoms with Gasteiger partial charge in [-0.05, 0) is 47.2 Å². The van der Waals surface area contributed by atoms with Crippen LogP contribution < -0.4 is 4.90 Å². The number of piperazine rings is 1. The predicted octanol–water partition coefficient (Wildman–Crippen LogP) is 3.95. The van der Waals surface area contributed by atoms with Gasteiger partial charge in [-0.2, -0.15) is 4.31 Å². The Hall–Kier alpha value is -3.36. The van der Waals surface area contributed by atoms with Gasteiger partial charge in [-0.15, -0.1) is 10.2 Å². The topological polar surface area (TPSA) is 66.4 Å². The monoisotopic (exact) mass is 448 g/mol. The molecule has 0 atom stereocenters. The average molecular weight is 449 g/mol. The van der Waals surface area contributed by atoms with Gasteiger partial charge in [0.1, 0.15) is 5.82 Å². The van der Waals surface area contributed by atoms with Crippen molar-refractivity contribution in [1.29, 1.82) is 0 Å². The molecule has 0 spiro atoms. The van der Waals surface area contributed by atoms with E-state index < -0.39 is 15.8 Å². The van der Waals surface area contributed by atoms with Gasteiger partial charge in [-0.1, -0.05) is 42.5 Å². The Bertz CT molecular complexity index is 1370. The third-order valence-corrected chi connectivity index (χ3v) is 7.59. The summed E-state index contributed by atoms with van der Waals surface area (Å²) in [5.74, 6) is 0.142. The number of hydrogen-bond donors (Lipinski definition) is 0. The summed E-state index contributed by atoms with van der Waals surface area (Å²) in [6.07, 6.45) is 0. The zero-order chi connectivity index (χ0) is 22.1. The zero-order valence-electron chi connectivity index (χ0n) is 17.2. The van der Waals surface area contributed by atoms with Crippen LogP contribution in [0.1, 0.15) is 0 Å². The standard InChI is InChI=1S/C24H21FN4O2S/c25-21-6-3-7-22(17-21)32(30,31)29-14-12-28(13-15-29)24-11-10-23(26-27-24)20-9-8-18-4-1-2-5-19(18)16-20/h1-11,16-17H,12-15H2. The molecule has 6 nitrogen and oxygen atoms in total. The van der Waals surface area contributed by atoms with Crippen LogP contribution in [0.5, 0.6) is 0 Å². The number of hydrogen-bond acceptors (Lipinski definition) is 5. The summed E-state index contributed by atoms with van der Waals surface area (Å²) in [5, 5.41) is 11.1. The molecule has 8 heteroatoms. The first-order valence-corrected chi connectivity index (χ1v) is 11.8. The van der Waals surface area contributed by atoms with Crippen LogP contribution in [-0.4, -0.2) is 49.1 Å². The van der Waals surface area contributed by atoms with Crippen molar-refractivity contribution in [1.82, 2.24) is 14.5 Å². The van der Waals surface area contributed by atoms with Crippen molar-refractivity contribution in [3.05, 3.63) is 84.7 Å². The smallest absolute Gasteiger partial charge is 0.243 e. The van der Waals surface area contributed by atoms with Gasteiger partial charge in [-0.3, -0.25) is 0 Å². The summed E-state index contributed by atoms with van der Waals surface area (Å²) in [7, 11) is -3.72. The minimum Gasteiger partial charge on any atom is -0.352 e. The Morgan fingerprint density at radius 2 is 1.53 bits per heavy atom. The van der Waals surface area contributed by atoms with E-state index in [1.807, 2.05) is 35.2 Å². The second-order valence-corrected chi connectivity index (χ2v) is 9.63. The van der Waals surface area contributed by atoms with Crippen molar-refractivity contribution in [2.24, 2.45) is 0 Å². The molecule has 0 bridgehead atoms. The molecule has 0 amide bonds. The number of rotatable bonds is 4. The third-order valence-electron chi connectivity index (χ3n) is 5.69. The minimum absolute atomic E-state index is 0.0227. The highest BCUT2D eigenvalue weighted by molar-refractivity contribution is 7.89. The predicted molar refractivity (Wildman–Crippen MR) is 122 cm³/mol. The van der Waals surface area contributed by atoms with E-state index in [2.05, 4.69) is 34.5 Å². The molecule has 2 heterocycles. The molecule has 0 unspecified atom stereocenters. The number of nitrogens with zero attached hydrogens (tertiary/aromatic N) is 4. The summed E-state index contributed by atoms with van der Waals surface area (Å²) < 4.78 is 40.4. The van der Waals surface area contributed by atoms with E-state index in [1.54, 1.807) is 0 Å². The van der Waals surface area contributed by atoms with E-state index in [4.69, 9.17) is 0 Å². The van der Waals surface area contributed by atoms with Gasteiger partial charge in [0.2, 0.25) is 10.0 Å². The maximum absolute atomic E-state index is 13.5. The van der Waals surface area contributed by atoms with Crippen molar-refractivity contribution < 1.29 is 12.8 Å². The molecule has 1 saturated heterocycles. The number of aromatic nitrogens is 2. The van der Waals surface area contributed by atoms with Crippen LogP contribution in [0.25, 0.3) is 22.0 Å². The lowest BCUT2D eigenvalue weighted by molar-refractivity contribution is 0.383. The van der Waals surface area contributed by atoms with Gasteiger partial charge in [-0.25, -0.2) is 12.8 Å². The maximum atomic E-state index is 13.5. The molecule has 5 rings (SSSR count). The van der Waals surface area contributed by atoms with E-state index in [0.29, 0.717) is 32.0 Å². The van der Waals surface area contributed by atoms with E-state index in [9.17, 15) is 12.8 Å². The van der Waals surface area contributed by atoms with Crippen molar-refractivity contribution >= 4 is 26.6 Å². The van der Waals surface area contributed by atoms with E-state index in [-0.39, 0.29) is 4.90 Å². The molecular formula is C24H21FN4O2S. The van der Waals surface area contributed by atoms with Gasteiger partial charge >= 0.3 is 0 Å². The molecule has 0 saturated carbocycles. The summed E-state index contributed by atoms with van der Waals surface area (Å²) in [5.41, 5.74) is 1.78. The van der Waals surface area contributed by atoms with Gasteiger partial charge in [0.25, 0.3) is 0 Å². The molecule has 1 aliphatic rings. The molecule has 162 valence electrons. The number of halogens is 1. The first-order valence-electron chi connectivity index (χ1n) is 10.3. The first-order chi connectivity index (χ1) is 15.5. The molecular weight excluding hydrogens is 427 g/mol. The minimum atomic E-state index is -3.72. The Balaban J connectivity index is 1.29. The fourth-order valence-corrected chi connectivity index (χ4v) is 5.38. The van der Waals surface area contributed by atoms with Crippen LogP contribution in [0.2, 0.25) is 0 Å². The second-order valence-electron chi connectivity index (χ2n) is 7.69. The molecule has 32 heavy (non-hydrogen) atoms. The van der Waals surface area contributed by atoms with Crippen LogP contribution in [0.3, 0.4) is 0 Å². The highest BCUT2D eigenvalue weighted by Gasteiger charge is 2.29. The summed E-state index contributed by atoms with van der Waals surface area (Å²) in [6.45, 7) is 1.57. The Kier molecular flexibility index (Phi) is 5.32. The van der Waals surface area contributed by atoms with Crippen molar-refractivity contribution in [2.75, 3.05) is 31.1 Å². The van der Waals surface area contributed by atoms with Gasteiger partial charge in [0.05, 0.1) is 10.6 Å². The number of fused-ring (bicyclic) bond motifs is 1. The van der Waals surface area contributed by atoms with E-state index >= 15 is 0 Å². The number of benzene rings is 3. The quantitative estimate of drug-likeness (QED) is 0.473. The van der Waals surface area contributed by atoms with Crippen LogP contribution in [-0.2, 0) is 10.0 Å². The second kappa shape index (κ2) is 8.29. The Labute approximate surface area is 186 Å². The highest BCUT2D eigenvalue weighted by atomic mass is 32.2. The lowest BCUT2D eigenvalue weighted by Gasteiger charge is -2.34. The van der Waals surface area contributed by atoms with Crippen molar-refractivity contribution in [3.8, 4) is 11.3 Å². The summed E-state index contributed by atoms with van der Waals surface area (Å²) in [4.78, 5) is 1.99. The normalized spacial score (nSPS) is 15.2. The zero-order valence-corrected chi connectivity index (χ0v) is 18.0. The van der Waals surface area contributed by atoms with Crippen LogP contribution in [0, 0.1) is 5.82 Å². The Morgan fingerprint density at radius 1 is 0.750 bits per heavy atom. The highest BCUT2D eigenvalue weighted by Crippen LogP contribution is 2.25. The SMILES string of the molecule is O=S(=O)(c1cccc(F)c1)N1CCN(c2ccc(-c3ccc4ccccc4c3)nn2)CC1. The molecule has 0 aliphatic carbocycles. The molecule has 0 N–H and O–H groups in total. The first kappa shape index (κ1) is 20.5. The molecule has 3 aromatic carbocycles. The van der Waals surface area contributed by atoms with Gasteiger partial charge < -0.3 is 4.90 Å².